The summed E-state index contributed by atoms with van der Waals surface area (Å²) in [6, 6.07) is 3.18. The van der Waals surface area contributed by atoms with E-state index in [1.54, 1.807) is 11.7 Å². The van der Waals surface area contributed by atoms with Crippen LogP contribution in [0, 0.1) is 11.6 Å². The van der Waals surface area contributed by atoms with Crippen LogP contribution in [0.25, 0.3) is 0 Å². The minimum Gasteiger partial charge on any atom is -0.395 e. The van der Waals surface area contributed by atoms with Gasteiger partial charge in [-0.05, 0) is 18.1 Å². The van der Waals surface area contributed by atoms with Crippen LogP contribution in [0.3, 0.4) is 0 Å². The van der Waals surface area contributed by atoms with Crippen molar-refractivity contribution in [3.63, 3.8) is 0 Å². The molecule has 1 heterocycles. The van der Waals surface area contributed by atoms with Crippen molar-refractivity contribution in [2.45, 2.75) is 12.5 Å². The predicted molar refractivity (Wildman–Crippen MR) is 76.1 cm³/mol. The first-order chi connectivity index (χ1) is 9.61. The fourth-order valence-corrected chi connectivity index (χ4v) is 2.02. The third-order valence-electron chi connectivity index (χ3n) is 3.00. The van der Waals surface area contributed by atoms with E-state index in [0.717, 1.165) is 6.07 Å². The molecule has 0 aliphatic rings. The van der Waals surface area contributed by atoms with Gasteiger partial charge < -0.3 is 10.4 Å². The third kappa shape index (κ3) is 4.45. The van der Waals surface area contributed by atoms with E-state index < -0.39 is 11.6 Å². The van der Waals surface area contributed by atoms with Crippen LogP contribution in [0.4, 0.5) is 8.78 Å². The van der Waals surface area contributed by atoms with Crippen LogP contribution in [-0.4, -0.2) is 33.0 Å². The standard InChI is InChI=1S/C13H16F2N4O.ClH/c1-19-13(17-8-18-19)12(16-4-5-20)6-9-2-3-10(14)7-11(9)15;/h2-3,7-8,12,16,20H,4-6H2,1H3;1H. The SMILES string of the molecule is Cl.Cn1ncnc1C(Cc1ccc(F)cc1F)NCCO. The van der Waals surface area contributed by atoms with E-state index >= 15 is 0 Å². The first kappa shape index (κ1) is 17.5. The van der Waals surface area contributed by atoms with Crippen molar-refractivity contribution in [1.82, 2.24) is 20.1 Å². The van der Waals surface area contributed by atoms with Crippen molar-refractivity contribution < 1.29 is 13.9 Å². The summed E-state index contributed by atoms with van der Waals surface area (Å²) in [5, 5.41) is 16.0. The summed E-state index contributed by atoms with van der Waals surface area (Å²) in [7, 11) is 1.73. The van der Waals surface area contributed by atoms with Gasteiger partial charge in [-0.2, -0.15) is 5.10 Å². The zero-order chi connectivity index (χ0) is 14.5. The smallest absolute Gasteiger partial charge is 0.144 e. The van der Waals surface area contributed by atoms with Crippen molar-refractivity contribution in [1.29, 1.82) is 0 Å². The van der Waals surface area contributed by atoms with Crippen LogP contribution < -0.4 is 5.32 Å². The molecule has 2 aromatic rings. The van der Waals surface area contributed by atoms with E-state index in [2.05, 4.69) is 15.4 Å². The molecule has 5 nitrogen and oxygen atoms in total. The topological polar surface area (TPSA) is 63.0 Å². The molecule has 0 aliphatic heterocycles. The van der Waals surface area contributed by atoms with Crippen LogP contribution in [0.15, 0.2) is 24.5 Å². The Morgan fingerprint density at radius 2 is 2.14 bits per heavy atom. The van der Waals surface area contributed by atoms with Gasteiger partial charge in [0.15, 0.2) is 0 Å². The highest BCUT2D eigenvalue weighted by Crippen LogP contribution is 2.19. The highest BCUT2D eigenvalue weighted by molar-refractivity contribution is 5.85. The van der Waals surface area contributed by atoms with Crippen molar-refractivity contribution in [3.05, 3.63) is 47.5 Å². The lowest BCUT2D eigenvalue weighted by atomic mass is 10.0. The number of aromatic nitrogens is 3. The zero-order valence-electron chi connectivity index (χ0n) is 11.5. The summed E-state index contributed by atoms with van der Waals surface area (Å²) >= 11 is 0. The first-order valence-electron chi connectivity index (χ1n) is 6.24. The molecule has 116 valence electrons. The molecule has 0 bridgehead atoms. The van der Waals surface area contributed by atoms with Crippen LogP contribution in [0.5, 0.6) is 0 Å². The Morgan fingerprint density at radius 3 is 2.71 bits per heavy atom. The number of aliphatic hydroxyl groups excluding tert-OH is 1. The summed E-state index contributed by atoms with van der Waals surface area (Å²) in [6.07, 6.45) is 1.70. The average molecular weight is 319 g/mol. The van der Waals surface area contributed by atoms with Crippen LogP contribution in [0.2, 0.25) is 0 Å². The van der Waals surface area contributed by atoms with Gasteiger partial charge in [-0.15, -0.1) is 12.4 Å². The summed E-state index contributed by atoms with van der Waals surface area (Å²) in [4.78, 5) is 4.12. The number of hydrogen-bond donors (Lipinski definition) is 2. The number of aliphatic hydroxyl groups is 1. The lowest BCUT2D eigenvalue weighted by Gasteiger charge is -2.17. The maximum Gasteiger partial charge on any atom is 0.144 e. The molecule has 21 heavy (non-hydrogen) atoms. The largest absolute Gasteiger partial charge is 0.395 e. The number of nitrogens with one attached hydrogen (secondary N) is 1. The minimum atomic E-state index is -0.607. The Balaban J connectivity index is 0.00000220. The predicted octanol–water partition coefficient (Wildman–Crippen LogP) is 1.38. The summed E-state index contributed by atoms with van der Waals surface area (Å²) in [6.45, 7) is 0.306. The number of hydrogen-bond acceptors (Lipinski definition) is 4. The Morgan fingerprint density at radius 1 is 1.38 bits per heavy atom. The zero-order valence-corrected chi connectivity index (χ0v) is 12.3. The maximum atomic E-state index is 13.7. The Kier molecular flexibility index (Phi) is 6.67. The van der Waals surface area contributed by atoms with E-state index in [0.29, 0.717) is 24.4 Å². The van der Waals surface area contributed by atoms with E-state index in [9.17, 15) is 8.78 Å². The van der Waals surface area contributed by atoms with Crippen molar-refractivity contribution in [2.75, 3.05) is 13.2 Å². The molecule has 1 unspecified atom stereocenters. The van der Waals surface area contributed by atoms with Crippen molar-refractivity contribution in [2.24, 2.45) is 7.05 Å². The van der Waals surface area contributed by atoms with Gasteiger partial charge in [0.05, 0.1) is 12.6 Å². The fourth-order valence-electron chi connectivity index (χ4n) is 2.02. The average Bonchev–Trinajstić information content (AvgIpc) is 2.83. The summed E-state index contributed by atoms with van der Waals surface area (Å²) in [5.74, 6) is -0.574. The van der Waals surface area contributed by atoms with Crippen LogP contribution >= 0.6 is 12.4 Å². The number of rotatable bonds is 6. The molecule has 0 spiro atoms. The van der Waals surface area contributed by atoms with Gasteiger partial charge in [-0.1, -0.05) is 6.07 Å². The third-order valence-corrected chi connectivity index (χ3v) is 3.00. The molecule has 1 atom stereocenters. The number of benzene rings is 1. The maximum absolute atomic E-state index is 13.7. The molecule has 0 saturated carbocycles. The van der Waals surface area contributed by atoms with Crippen molar-refractivity contribution in [3.8, 4) is 0 Å². The molecule has 0 radical (unpaired) electrons. The molecule has 1 aromatic carbocycles. The highest BCUT2D eigenvalue weighted by atomic mass is 35.5. The van der Waals surface area contributed by atoms with Gasteiger partial charge in [0.25, 0.3) is 0 Å². The minimum absolute atomic E-state index is 0. The van der Waals surface area contributed by atoms with Crippen LogP contribution in [0.1, 0.15) is 17.4 Å². The normalized spacial score (nSPS) is 12.0. The molecule has 2 N–H and O–H groups in total. The lowest BCUT2D eigenvalue weighted by Crippen LogP contribution is -2.29. The van der Waals surface area contributed by atoms with E-state index in [-0.39, 0.29) is 25.1 Å². The molecule has 2 rings (SSSR count). The second-order valence-corrected chi connectivity index (χ2v) is 4.41. The fraction of sp³-hybridized carbons (Fsp3) is 0.385. The van der Waals surface area contributed by atoms with Crippen LogP contribution in [-0.2, 0) is 13.5 Å². The van der Waals surface area contributed by atoms with E-state index in [4.69, 9.17) is 5.11 Å². The summed E-state index contributed by atoms with van der Waals surface area (Å²) in [5.41, 5.74) is 0.379. The molecule has 0 fully saturated rings. The molecule has 0 saturated heterocycles. The Hall–Kier alpha value is -1.57. The Labute approximate surface area is 127 Å². The van der Waals surface area contributed by atoms with Gasteiger partial charge in [-0.3, -0.25) is 4.68 Å². The number of aryl methyl sites for hydroxylation is 1. The molecule has 1 aromatic heterocycles. The highest BCUT2D eigenvalue weighted by Gasteiger charge is 2.18. The van der Waals surface area contributed by atoms with Gasteiger partial charge in [0.2, 0.25) is 0 Å². The molecule has 0 aliphatic carbocycles. The Bertz CT molecular complexity index is 579. The number of nitrogens with zero attached hydrogens (tertiary/aromatic N) is 3. The van der Waals surface area contributed by atoms with Gasteiger partial charge >= 0.3 is 0 Å². The second kappa shape index (κ2) is 8.02. The van der Waals surface area contributed by atoms with Crippen molar-refractivity contribution >= 4 is 12.4 Å². The lowest BCUT2D eigenvalue weighted by molar-refractivity contribution is 0.281. The molecule has 8 heteroatoms. The van der Waals surface area contributed by atoms with Gasteiger partial charge in [0, 0.05) is 19.7 Å². The van der Waals surface area contributed by atoms with Gasteiger partial charge in [-0.25, -0.2) is 13.8 Å². The molecule has 0 amide bonds. The van der Waals surface area contributed by atoms with E-state index in [1.165, 1.54) is 18.5 Å². The van der Waals surface area contributed by atoms with E-state index in [1.807, 2.05) is 0 Å². The molecular weight excluding hydrogens is 302 g/mol. The monoisotopic (exact) mass is 318 g/mol. The van der Waals surface area contributed by atoms with Gasteiger partial charge in [0.1, 0.15) is 23.8 Å². The quantitative estimate of drug-likeness (QED) is 0.844. The first-order valence-corrected chi connectivity index (χ1v) is 6.24. The summed E-state index contributed by atoms with van der Waals surface area (Å²) < 4.78 is 28.2. The number of halogens is 3. The molecular formula is C13H17ClF2N4O. The second-order valence-electron chi connectivity index (χ2n) is 4.41.